The maximum absolute atomic E-state index is 12.4. The van der Waals surface area contributed by atoms with Crippen LogP contribution in [0.4, 0.5) is 0 Å². The van der Waals surface area contributed by atoms with Gasteiger partial charge in [0.1, 0.15) is 11.6 Å². The molecule has 0 N–H and O–H groups in total. The van der Waals surface area contributed by atoms with E-state index in [0.717, 1.165) is 5.56 Å². The quantitative estimate of drug-likeness (QED) is 0.771. The molecule has 20 heavy (non-hydrogen) atoms. The zero-order valence-electron chi connectivity index (χ0n) is 13.3. The lowest BCUT2D eigenvalue weighted by atomic mass is 9.76. The molecule has 0 saturated heterocycles. The molecule has 0 radical (unpaired) electrons. The van der Waals surface area contributed by atoms with E-state index in [-0.39, 0.29) is 28.8 Å². The van der Waals surface area contributed by atoms with Gasteiger partial charge in [0.15, 0.2) is 0 Å². The van der Waals surface area contributed by atoms with Crippen LogP contribution in [0.2, 0.25) is 0 Å². The van der Waals surface area contributed by atoms with Gasteiger partial charge in [-0.3, -0.25) is 9.59 Å². The van der Waals surface area contributed by atoms with Gasteiger partial charge in [0.25, 0.3) is 0 Å². The number of carbonyl (C=O) groups excluding carboxylic acids is 2. The molecule has 1 aromatic rings. The lowest BCUT2D eigenvalue weighted by Gasteiger charge is -2.26. The summed E-state index contributed by atoms with van der Waals surface area (Å²) in [5, 5.41) is 0. The monoisotopic (exact) mass is 274 g/mol. The molecule has 0 aliphatic carbocycles. The van der Waals surface area contributed by atoms with E-state index < -0.39 is 0 Å². The summed E-state index contributed by atoms with van der Waals surface area (Å²) in [6.07, 6.45) is 0.953. The van der Waals surface area contributed by atoms with E-state index in [4.69, 9.17) is 0 Å². The zero-order valence-corrected chi connectivity index (χ0v) is 13.3. The third-order valence-electron chi connectivity index (χ3n) is 3.93. The molecule has 0 heterocycles. The maximum atomic E-state index is 12.4. The number of hydrogen-bond donors (Lipinski definition) is 0. The Morgan fingerprint density at radius 2 is 1.65 bits per heavy atom. The molecule has 0 bridgehead atoms. The van der Waals surface area contributed by atoms with Gasteiger partial charge in [0.2, 0.25) is 0 Å². The van der Waals surface area contributed by atoms with E-state index in [0.29, 0.717) is 12.8 Å². The largest absolute Gasteiger partial charge is 0.299 e. The average Bonchev–Trinajstić information content (AvgIpc) is 2.42. The Balaban J connectivity index is 3.03. The second kappa shape index (κ2) is 6.83. The number of hydrogen-bond acceptors (Lipinski definition) is 2. The van der Waals surface area contributed by atoms with Gasteiger partial charge in [-0.2, -0.15) is 0 Å². The Bertz CT molecular complexity index is 454. The predicted molar refractivity (Wildman–Crippen MR) is 82.7 cm³/mol. The van der Waals surface area contributed by atoms with E-state index >= 15 is 0 Å². The fraction of sp³-hybridized carbons (Fsp3) is 0.556. The molecule has 1 aromatic carbocycles. The van der Waals surface area contributed by atoms with Gasteiger partial charge in [0.05, 0.1) is 0 Å². The van der Waals surface area contributed by atoms with Crippen LogP contribution in [0.1, 0.15) is 58.9 Å². The molecule has 2 nitrogen and oxygen atoms in total. The van der Waals surface area contributed by atoms with Crippen LogP contribution in [0.25, 0.3) is 0 Å². The van der Waals surface area contributed by atoms with Crippen molar-refractivity contribution in [2.45, 2.75) is 53.4 Å². The Morgan fingerprint density at radius 1 is 1.10 bits per heavy atom. The standard InChI is InChI=1S/C18H26O2/c1-6-16(19)13(2)15(12-17(20)18(3,4)5)14-10-8-7-9-11-14/h7-11,13,15H,6,12H2,1-5H3/t13-,15-/m0/s1. The second-order valence-corrected chi connectivity index (χ2v) is 6.50. The Hall–Kier alpha value is -1.44. The first-order valence-corrected chi connectivity index (χ1v) is 7.38. The van der Waals surface area contributed by atoms with Crippen molar-refractivity contribution in [1.82, 2.24) is 0 Å². The summed E-state index contributed by atoms with van der Waals surface area (Å²) in [5.74, 6) is 0.298. The Labute approximate surface area is 122 Å². The fourth-order valence-corrected chi connectivity index (χ4v) is 2.34. The van der Waals surface area contributed by atoms with Gasteiger partial charge in [-0.05, 0) is 5.56 Å². The molecule has 0 aliphatic heterocycles. The zero-order chi connectivity index (χ0) is 15.3. The molecule has 0 fully saturated rings. The summed E-state index contributed by atoms with van der Waals surface area (Å²) in [6.45, 7) is 9.63. The van der Waals surface area contributed by atoms with Crippen molar-refractivity contribution in [1.29, 1.82) is 0 Å². The minimum Gasteiger partial charge on any atom is -0.299 e. The van der Waals surface area contributed by atoms with Crippen LogP contribution < -0.4 is 0 Å². The van der Waals surface area contributed by atoms with Crippen molar-refractivity contribution in [3.63, 3.8) is 0 Å². The van der Waals surface area contributed by atoms with Crippen LogP contribution >= 0.6 is 0 Å². The number of rotatable bonds is 6. The van der Waals surface area contributed by atoms with Crippen LogP contribution in [0.3, 0.4) is 0 Å². The first-order valence-electron chi connectivity index (χ1n) is 7.38. The Morgan fingerprint density at radius 3 is 2.10 bits per heavy atom. The molecular weight excluding hydrogens is 248 g/mol. The van der Waals surface area contributed by atoms with Gasteiger partial charge in [-0.25, -0.2) is 0 Å². The van der Waals surface area contributed by atoms with Crippen LogP contribution in [0.5, 0.6) is 0 Å². The average molecular weight is 274 g/mol. The lowest BCUT2D eigenvalue weighted by molar-refractivity contribution is -0.128. The smallest absolute Gasteiger partial charge is 0.138 e. The summed E-state index contributed by atoms with van der Waals surface area (Å²) >= 11 is 0. The van der Waals surface area contributed by atoms with Gasteiger partial charge in [0, 0.05) is 30.1 Å². The molecule has 0 saturated carbocycles. The normalized spacial score (nSPS) is 14.7. The predicted octanol–water partition coefficient (Wildman–Crippen LogP) is 4.39. The van der Waals surface area contributed by atoms with Crippen molar-refractivity contribution in [2.75, 3.05) is 0 Å². The third-order valence-corrected chi connectivity index (χ3v) is 3.93. The minimum atomic E-state index is -0.359. The van der Waals surface area contributed by atoms with Crippen LogP contribution in [-0.2, 0) is 9.59 Å². The third kappa shape index (κ3) is 4.29. The number of ketones is 2. The molecular formula is C18H26O2. The number of benzene rings is 1. The highest BCUT2D eigenvalue weighted by Gasteiger charge is 2.30. The molecule has 0 aliphatic rings. The summed E-state index contributed by atoms with van der Waals surface area (Å²) in [6, 6.07) is 9.92. The molecule has 110 valence electrons. The second-order valence-electron chi connectivity index (χ2n) is 6.50. The maximum Gasteiger partial charge on any atom is 0.138 e. The number of Topliss-reactive ketones (excluding diaryl/α,β-unsaturated/α-hetero) is 2. The van der Waals surface area contributed by atoms with E-state index in [1.165, 1.54) is 0 Å². The first kappa shape index (κ1) is 16.6. The molecule has 0 spiro atoms. The molecule has 2 atom stereocenters. The van der Waals surface area contributed by atoms with Crippen molar-refractivity contribution in [3.05, 3.63) is 35.9 Å². The Kier molecular flexibility index (Phi) is 5.67. The van der Waals surface area contributed by atoms with E-state index in [9.17, 15) is 9.59 Å². The molecule has 1 rings (SSSR count). The van der Waals surface area contributed by atoms with Gasteiger partial charge in [-0.15, -0.1) is 0 Å². The summed E-state index contributed by atoms with van der Waals surface area (Å²) in [5.41, 5.74) is 0.724. The highest BCUT2D eigenvalue weighted by Crippen LogP contribution is 2.32. The first-order chi connectivity index (χ1) is 9.27. The minimum absolute atomic E-state index is 0.0182. The molecule has 2 heteroatoms. The van der Waals surface area contributed by atoms with Crippen molar-refractivity contribution < 1.29 is 9.59 Å². The van der Waals surface area contributed by atoms with Crippen molar-refractivity contribution >= 4 is 11.6 Å². The molecule has 0 unspecified atom stereocenters. The highest BCUT2D eigenvalue weighted by molar-refractivity contribution is 5.86. The van der Waals surface area contributed by atoms with Gasteiger partial charge >= 0.3 is 0 Å². The van der Waals surface area contributed by atoms with Crippen LogP contribution in [0, 0.1) is 11.3 Å². The SMILES string of the molecule is CCC(=O)[C@@H](C)[C@H](CC(=O)C(C)(C)C)c1ccccc1. The van der Waals surface area contributed by atoms with Gasteiger partial charge < -0.3 is 0 Å². The van der Waals surface area contributed by atoms with E-state index in [1.54, 1.807) is 0 Å². The highest BCUT2D eigenvalue weighted by atomic mass is 16.1. The summed E-state index contributed by atoms with van der Waals surface area (Å²) in [7, 11) is 0. The topological polar surface area (TPSA) is 34.1 Å². The van der Waals surface area contributed by atoms with E-state index in [1.807, 2.05) is 65.0 Å². The molecule has 0 aromatic heterocycles. The summed E-state index contributed by atoms with van der Waals surface area (Å²) < 4.78 is 0. The summed E-state index contributed by atoms with van der Waals surface area (Å²) in [4.78, 5) is 24.4. The fourth-order valence-electron chi connectivity index (χ4n) is 2.34. The van der Waals surface area contributed by atoms with Crippen LogP contribution in [0.15, 0.2) is 30.3 Å². The molecule has 0 amide bonds. The van der Waals surface area contributed by atoms with Crippen molar-refractivity contribution in [3.8, 4) is 0 Å². The van der Waals surface area contributed by atoms with Crippen molar-refractivity contribution in [2.24, 2.45) is 11.3 Å². The lowest BCUT2D eigenvalue weighted by Crippen LogP contribution is -2.27. The van der Waals surface area contributed by atoms with Gasteiger partial charge in [-0.1, -0.05) is 65.0 Å². The van der Waals surface area contributed by atoms with E-state index in [2.05, 4.69) is 0 Å². The number of carbonyl (C=O) groups is 2. The van der Waals surface area contributed by atoms with Crippen LogP contribution in [-0.4, -0.2) is 11.6 Å².